The number of rotatable bonds is 4. The monoisotopic (exact) mass is 306 g/mol. The van der Waals surface area contributed by atoms with Crippen molar-refractivity contribution in [3.8, 4) is 0 Å². The molecule has 18 heavy (non-hydrogen) atoms. The maximum absolute atomic E-state index is 5.54. The molecule has 0 fully saturated rings. The third-order valence-corrected chi connectivity index (χ3v) is 3.07. The van der Waals surface area contributed by atoms with Gasteiger partial charge in [-0.25, -0.2) is 9.97 Å². The summed E-state index contributed by atoms with van der Waals surface area (Å²) in [5.74, 6) is 1.54. The SMILES string of the molecule is CN(Cc1cccc(Br)c1)c1ccnc(CN)n1. The van der Waals surface area contributed by atoms with Crippen molar-refractivity contribution in [1.82, 2.24) is 9.97 Å². The van der Waals surface area contributed by atoms with E-state index in [2.05, 4.69) is 42.9 Å². The highest BCUT2D eigenvalue weighted by Crippen LogP contribution is 2.16. The second-order valence-corrected chi connectivity index (χ2v) is 4.94. The van der Waals surface area contributed by atoms with Crippen LogP contribution in [0.4, 0.5) is 5.82 Å². The van der Waals surface area contributed by atoms with Crippen LogP contribution in [0.25, 0.3) is 0 Å². The summed E-state index contributed by atoms with van der Waals surface area (Å²) in [5, 5.41) is 0. The van der Waals surface area contributed by atoms with Gasteiger partial charge in [-0.05, 0) is 23.8 Å². The molecule has 0 aliphatic rings. The van der Waals surface area contributed by atoms with Crippen LogP contribution in [0, 0.1) is 0 Å². The second-order valence-electron chi connectivity index (χ2n) is 4.02. The summed E-state index contributed by atoms with van der Waals surface area (Å²) in [6.07, 6.45) is 1.74. The Labute approximate surface area is 115 Å². The molecule has 94 valence electrons. The van der Waals surface area contributed by atoms with Crippen LogP contribution in [0.15, 0.2) is 41.0 Å². The molecular weight excluding hydrogens is 292 g/mol. The van der Waals surface area contributed by atoms with Gasteiger partial charge in [0.25, 0.3) is 0 Å². The van der Waals surface area contributed by atoms with E-state index in [1.165, 1.54) is 5.56 Å². The number of aromatic nitrogens is 2. The van der Waals surface area contributed by atoms with Crippen molar-refractivity contribution in [3.05, 3.63) is 52.4 Å². The van der Waals surface area contributed by atoms with E-state index in [-0.39, 0.29) is 0 Å². The van der Waals surface area contributed by atoms with Crippen LogP contribution < -0.4 is 10.6 Å². The smallest absolute Gasteiger partial charge is 0.144 e. The van der Waals surface area contributed by atoms with Crippen molar-refractivity contribution >= 4 is 21.7 Å². The van der Waals surface area contributed by atoms with Gasteiger partial charge in [-0.3, -0.25) is 0 Å². The van der Waals surface area contributed by atoms with Gasteiger partial charge >= 0.3 is 0 Å². The van der Waals surface area contributed by atoms with Gasteiger partial charge in [0.1, 0.15) is 11.6 Å². The average Bonchev–Trinajstić information content (AvgIpc) is 2.39. The molecule has 2 N–H and O–H groups in total. The number of hydrogen-bond donors (Lipinski definition) is 1. The third kappa shape index (κ3) is 3.27. The summed E-state index contributed by atoms with van der Waals surface area (Å²) >= 11 is 3.47. The highest BCUT2D eigenvalue weighted by Gasteiger charge is 2.05. The maximum Gasteiger partial charge on any atom is 0.144 e. The summed E-state index contributed by atoms with van der Waals surface area (Å²) in [4.78, 5) is 10.6. The zero-order chi connectivity index (χ0) is 13.0. The summed E-state index contributed by atoms with van der Waals surface area (Å²) in [7, 11) is 2.00. The Hall–Kier alpha value is -1.46. The molecule has 5 heteroatoms. The molecule has 1 aromatic heterocycles. The molecule has 1 heterocycles. The lowest BCUT2D eigenvalue weighted by Gasteiger charge is -2.18. The van der Waals surface area contributed by atoms with Crippen LogP contribution in [0.2, 0.25) is 0 Å². The number of hydrogen-bond acceptors (Lipinski definition) is 4. The average molecular weight is 307 g/mol. The lowest BCUT2D eigenvalue weighted by Crippen LogP contribution is -2.19. The van der Waals surface area contributed by atoms with E-state index in [1.807, 2.05) is 25.2 Å². The Morgan fingerprint density at radius 1 is 1.33 bits per heavy atom. The fraction of sp³-hybridized carbons (Fsp3) is 0.231. The van der Waals surface area contributed by atoms with Gasteiger partial charge in [0, 0.05) is 24.3 Å². The minimum atomic E-state index is 0.360. The van der Waals surface area contributed by atoms with E-state index < -0.39 is 0 Å². The highest BCUT2D eigenvalue weighted by molar-refractivity contribution is 9.10. The lowest BCUT2D eigenvalue weighted by molar-refractivity contribution is 0.848. The summed E-state index contributed by atoms with van der Waals surface area (Å²) in [6.45, 7) is 1.15. The fourth-order valence-electron chi connectivity index (χ4n) is 1.69. The van der Waals surface area contributed by atoms with E-state index in [1.54, 1.807) is 6.20 Å². The first-order valence-corrected chi connectivity index (χ1v) is 6.46. The zero-order valence-electron chi connectivity index (χ0n) is 10.2. The molecule has 0 saturated heterocycles. The molecule has 1 aromatic carbocycles. The van der Waals surface area contributed by atoms with Gasteiger partial charge in [-0.1, -0.05) is 28.1 Å². The maximum atomic E-state index is 5.54. The van der Waals surface area contributed by atoms with Gasteiger partial charge in [0.15, 0.2) is 0 Å². The van der Waals surface area contributed by atoms with Gasteiger partial charge < -0.3 is 10.6 Å². The Kier molecular flexibility index (Phi) is 4.28. The largest absolute Gasteiger partial charge is 0.355 e. The topological polar surface area (TPSA) is 55.0 Å². The Morgan fingerprint density at radius 2 is 2.17 bits per heavy atom. The second kappa shape index (κ2) is 5.93. The standard InChI is InChI=1S/C13H15BrN4/c1-18(9-10-3-2-4-11(14)7-10)13-5-6-16-12(8-15)17-13/h2-7H,8-9,15H2,1H3. The highest BCUT2D eigenvalue weighted by atomic mass is 79.9. The summed E-state index contributed by atoms with van der Waals surface area (Å²) in [6, 6.07) is 10.1. The number of benzene rings is 1. The molecule has 0 spiro atoms. The molecular formula is C13H15BrN4. The number of nitrogens with two attached hydrogens (primary N) is 1. The number of nitrogens with zero attached hydrogens (tertiary/aromatic N) is 3. The van der Waals surface area contributed by atoms with E-state index in [4.69, 9.17) is 5.73 Å². The first kappa shape index (κ1) is 13.0. The van der Waals surface area contributed by atoms with E-state index in [0.29, 0.717) is 12.4 Å². The normalized spacial score (nSPS) is 10.4. The molecule has 0 aliphatic carbocycles. The van der Waals surface area contributed by atoms with Crippen LogP contribution in [-0.2, 0) is 13.1 Å². The predicted octanol–water partition coefficient (Wildman–Crippen LogP) is 2.33. The van der Waals surface area contributed by atoms with Crippen molar-refractivity contribution in [1.29, 1.82) is 0 Å². The molecule has 0 unspecified atom stereocenters. The van der Waals surface area contributed by atoms with Crippen molar-refractivity contribution < 1.29 is 0 Å². The number of anilines is 1. The Balaban J connectivity index is 2.13. The van der Waals surface area contributed by atoms with Crippen molar-refractivity contribution in [2.45, 2.75) is 13.1 Å². The fourth-order valence-corrected chi connectivity index (χ4v) is 2.14. The third-order valence-electron chi connectivity index (χ3n) is 2.57. The lowest BCUT2D eigenvalue weighted by atomic mass is 10.2. The summed E-state index contributed by atoms with van der Waals surface area (Å²) in [5.41, 5.74) is 6.76. The number of halogens is 1. The van der Waals surface area contributed by atoms with Crippen LogP contribution in [0.1, 0.15) is 11.4 Å². The molecule has 4 nitrogen and oxygen atoms in total. The molecule has 2 rings (SSSR count). The molecule has 0 saturated carbocycles. The summed E-state index contributed by atoms with van der Waals surface area (Å²) < 4.78 is 1.08. The van der Waals surface area contributed by atoms with Crippen LogP contribution in [0.3, 0.4) is 0 Å². The van der Waals surface area contributed by atoms with Gasteiger partial charge in [-0.2, -0.15) is 0 Å². The molecule has 0 bridgehead atoms. The van der Waals surface area contributed by atoms with Crippen LogP contribution in [-0.4, -0.2) is 17.0 Å². The molecule has 2 aromatic rings. The molecule has 0 aliphatic heterocycles. The van der Waals surface area contributed by atoms with E-state index in [9.17, 15) is 0 Å². The minimum Gasteiger partial charge on any atom is -0.355 e. The van der Waals surface area contributed by atoms with Crippen LogP contribution in [0.5, 0.6) is 0 Å². The first-order chi connectivity index (χ1) is 8.69. The van der Waals surface area contributed by atoms with Gasteiger partial charge in [0.05, 0.1) is 6.54 Å². The quantitative estimate of drug-likeness (QED) is 0.942. The van der Waals surface area contributed by atoms with Crippen LogP contribution >= 0.6 is 15.9 Å². The van der Waals surface area contributed by atoms with Gasteiger partial charge in [0.2, 0.25) is 0 Å². The van der Waals surface area contributed by atoms with Crippen molar-refractivity contribution in [3.63, 3.8) is 0 Å². The molecule has 0 radical (unpaired) electrons. The molecule has 0 atom stereocenters. The molecule has 0 amide bonds. The zero-order valence-corrected chi connectivity index (χ0v) is 11.8. The minimum absolute atomic E-state index is 0.360. The van der Waals surface area contributed by atoms with Crippen molar-refractivity contribution in [2.24, 2.45) is 5.73 Å². The Bertz CT molecular complexity index is 530. The van der Waals surface area contributed by atoms with Crippen molar-refractivity contribution in [2.75, 3.05) is 11.9 Å². The Morgan fingerprint density at radius 3 is 2.89 bits per heavy atom. The first-order valence-electron chi connectivity index (χ1n) is 5.66. The van der Waals surface area contributed by atoms with E-state index in [0.717, 1.165) is 16.8 Å². The van der Waals surface area contributed by atoms with Gasteiger partial charge in [-0.15, -0.1) is 0 Å². The van der Waals surface area contributed by atoms with E-state index >= 15 is 0 Å². The predicted molar refractivity (Wildman–Crippen MR) is 76.2 cm³/mol.